The van der Waals surface area contributed by atoms with Crippen LogP contribution in [0.1, 0.15) is 169 Å². The molecule has 0 spiro atoms. The van der Waals surface area contributed by atoms with Crippen LogP contribution in [0.5, 0.6) is 0 Å². The van der Waals surface area contributed by atoms with Gasteiger partial charge in [-0.05, 0) is 63.2 Å². The molecule has 36 heavy (non-hydrogen) atoms. The standard InChI is InChI=1S/C17H33.C11H20.C7H15.K/c1-3-5-7-9-11-13-15-17-16-14-12-10-8-6-4-2;1-3-5-11-8-6-10(4-2)7-9-11;1-4-6-7(3)5-2;/h12,14H,1,3-11,13,15-17H2,2H3;4,10-11H,2-3,5-9H2,1H3;7H,3-6H2,1-2H3;/q-1;;-1;+1/b14-12-;;;. The molecule has 1 saturated carbocycles. The molecule has 1 unspecified atom stereocenters. The molecule has 1 atom stereocenters. The van der Waals surface area contributed by atoms with Crippen LogP contribution in [0.2, 0.25) is 0 Å². The summed E-state index contributed by atoms with van der Waals surface area (Å²) >= 11 is 0. The number of hydrogen-bond acceptors (Lipinski definition) is 0. The maximum absolute atomic E-state index is 3.95. The molecule has 0 aromatic rings. The van der Waals surface area contributed by atoms with E-state index in [1.165, 1.54) is 135 Å². The van der Waals surface area contributed by atoms with Crippen molar-refractivity contribution in [1.29, 1.82) is 0 Å². The fourth-order valence-corrected chi connectivity index (χ4v) is 4.80. The van der Waals surface area contributed by atoms with Crippen LogP contribution in [0.4, 0.5) is 0 Å². The van der Waals surface area contributed by atoms with E-state index < -0.39 is 0 Å². The van der Waals surface area contributed by atoms with Gasteiger partial charge in [-0.25, -0.2) is 0 Å². The first-order valence-electron chi connectivity index (χ1n) is 16.0. The van der Waals surface area contributed by atoms with Gasteiger partial charge in [0.25, 0.3) is 0 Å². The number of unbranched alkanes of at least 4 members (excludes halogenated alkanes) is 11. The molecule has 0 N–H and O–H groups in total. The Morgan fingerprint density at radius 3 is 1.67 bits per heavy atom. The quantitative estimate of drug-likeness (QED) is 0.0678. The van der Waals surface area contributed by atoms with E-state index in [-0.39, 0.29) is 51.4 Å². The maximum Gasteiger partial charge on any atom is 1.00 e. The molecule has 0 saturated heterocycles. The van der Waals surface area contributed by atoms with Gasteiger partial charge in [-0.2, -0.15) is 12.3 Å². The first-order chi connectivity index (χ1) is 17.1. The van der Waals surface area contributed by atoms with Crippen molar-refractivity contribution in [3.05, 3.63) is 38.7 Å². The first-order valence-corrected chi connectivity index (χ1v) is 16.0. The van der Waals surface area contributed by atoms with E-state index in [1.54, 1.807) is 0 Å². The Hall–Kier alpha value is 1.12. The van der Waals surface area contributed by atoms with Gasteiger partial charge >= 0.3 is 51.4 Å². The van der Waals surface area contributed by atoms with Crippen molar-refractivity contribution in [1.82, 2.24) is 0 Å². The Labute approximate surface area is 274 Å². The second-order valence-electron chi connectivity index (χ2n) is 11.0. The van der Waals surface area contributed by atoms with Crippen molar-refractivity contribution >= 4 is 0 Å². The van der Waals surface area contributed by atoms with Crippen molar-refractivity contribution in [2.75, 3.05) is 0 Å². The van der Waals surface area contributed by atoms with Crippen molar-refractivity contribution in [2.45, 2.75) is 169 Å². The third-order valence-electron chi connectivity index (χ3n) is 7.46. The summed E-state index contributed by atoms with van der Waals surface area (Å²) in [5.41, 5.74) is 0. The molecule has 1 rings (SSSR count). The summed E-state index contributed by atoms with van der Waals surface area (Å²) in [5.74, 6) is 2.57. The monoisotopic (exact) mass is 527 g/mol. The number of rotatable bonds is 19. The van der Waals surface area contributed by atoms with E-state index in [2.05, 4.69) is 66.3 Å². The maximum atomic E-state index is 3.95. The van der Waals surface area contributed by atoms with E-state index >= 15 is 0 Å². The van der Waals surface area contributed by atoms with E-state index in [1.807, 2.05) is 0 Å². The van der Waals surface area contributed by atoms with Crippen LogP contribution in [0.3, 0.4) is 0 Å². The van der Waals surface area contributed by atoms with E-state index in [0.717, 1.165) is 18.3 Å². The van der Waals surface area contributed by atoms with Gasteiger partial charge in [0.1, 0.15) is 0 Å². The zero-order valence-electron chi connectivity index (χ0n) is 26.1. The van der Waals surface area contributed by atoms with Crippen molar-refractivity contribution < 1.29 is 51.4 Å². The third-order valence-corrected chi connectivity index (χ3v) is 7.46. The van der Waals surface area contributed by atoms with Crippen LogP contribution in [0.25, 0.3) is 0 Å². The third kappa shape index (κ3) is 33.1. The van der Waals surface area contributed by atoms with Crippen LogP contribution < -0.4 is 51.4 Å². The van der Waals surface area contributed by atoms with Gasteiger partial charge in [-0.15, -0.1) is 6.58 Å². The molecule has 1 heteroatoms. The largest absolute Gasteiger partial charge is 1.00 e. The minimum absolute atomic E-state index is 0. The fourth-order valence-electron chi connectivity index (χ4n) is 4.80. The van der Waals surface area contributed by atoms with E-state index in [0.29, 0.717) is 5.92 Å². The second kappa shape index (κ2) is 36.1. The molecule has 0 aliphatic heterocycles. The topological polar surface area (TPSA) is 0 Å². The molecule has 210 valence electrons. The predicted molar refractivity (Wildman–Crippen MR) is 165 cm³/mol. The molecule has 0 aromatic carbocycles. The molecule has 1 aliphatic carbocycles. The molecule has 0 heterocycles. The van der Waals surface area contributed by atoms with Gasteiger partial charge < -0.3 is 13.8 Å². The molecule has 0 amide bonds. The predicted octanol–water partition coefficient (Wildman–Crippen LogP) is 9.90. The fraction of sp³-hybridized carbons (Fsp3) is 0.829. The van der Waals surface area contributed by atoms with Gasteiger partial charge in [0.05, 0.1) is 0 Å². The minimum atomic E-state index is 0. The number of hydrogen-bond donors (Lipinski definition) is 0. The molecular weight excluding hydrogens is 459 g/mol. The van der Waals surface area contributed by atoms with Crippen LogP contribution in [0, 0.1) is 31.6 Å². The zero-order chi connectivity index (χ0) is 26.4. The first kappa shape index (κ1) is 41.6. The summed E-state index contributed by atoms with van der Waals surface area (Å²) in [4.78, 5) is 0. The van der Waals surface area contributed by atoms with E-state index in [4.69, 9.17) is 0 Å². The van der Waals surface area contributed by atoms with Gasteiger partial charge in [-0.3, -0.25) is 0 Å². The summed E-state index contributed by atoms with van der Waals surface area (Å²) in [6.07, 6.45) is 36.8. The SMILES string of the molecule is C=CC1CCC(CCC)CC1.[CH2-]C(CC)CCC.[CH2-]CCCCCCCCC/C=C\CCCCC.[K+]. The Morgan fingerprint density at radius 2 is 1.25 bits per heavy atom. The van der Waals surface area contributed by atoms with E-state index in [9.17, 15) is 0 Å². The summed E-state index contributed by atoms with van der Waals surface area (Å²) in [6.45, 7) is 20.6. The Balaban J connectivity index is -0.000000491. The number of allylic oxidation sites excluding steroid dienone is 3. The van der Waals surface area contributed by atoms with Crippen molar-refractivity contribution in [3.8, 4) is 0 Å². The summed E-state index contributed by atoms with van der Waals surface area (Å²) in [6, 6.07) is 0. The minimum Gasteiger partial charge on any atom is -0.343 e. The van der Waals surface area contributed by atoms with Crippen LogP contribution in [-0.2, 0) is 0 Å². The Bertz CT molecular complexity index is 405. The summed E-state index contributed by atoms with van der Waals surface area (Å²) in [5, 5.41) is 0. The van der Waals surface area contributed by atoms with Crippen LogP contribution in [-0.4, -0.2) is 0 Å². The van der Waals surface area contributed by atoms with Crippen molar-refractivity contribution in [2.24, 2.45) is 17.8 Å². The summed E-state index contributed by atoms with van der Waals surface area (Å²) in [7, 11) is 0. The van der Waals surface area contributed by atoms with Crippen LogP contribution in [0.15, 0.2) is 24.8 Å². The average Bonchev–Trinajstić information content (AvgIpc) is 2.88. The normalized spacial score (nSPS) is 17.8. The average molecular weight is 528 g/mol. The molecular formula is C35H68K-. The summed E-state index contributed by atoms with van der Waals surface area (Å²) < 4.78 is 0. The molecule has 0 bridgehead atoms. The molecule has 1 aliphatic rings. The molecule has 1 fully saturated rings. The van der Waals surface area contributed by atoms with Crippen LogP contribution >= 0.6 is 0 Å². The smallest absolute Gasteiger partial charge is 0.343 e. The molecule has 0 nitrogen and oxygen atoms in total. The van der Waals surface area contributed by atoms with Crippen molar-refractivity contribution in [3.63, 3.8) is 0 Å². The van der Waals surface area contributed by atoms with Gasteiger partial charge in [0.2, 0.25) is 0 Å². The van der Waals surface area contributed by atoms with Gasteiger partial charge in [0, 0.05) is 0 Å². The zero-order valence-corrected chi connectivity index (χ0v) is 29.3. The second-order valence-corrected chi connectivity index (χ2v) is 11.0. The van der Waals surface area contributed by atoms with Gasteiger partial charge in [-0.1, -0.05) is 129 Å². The Morgan fingerprint density at radius 1 is 0.722 bits per heavy atom. The Kier molecular flexibility index (Phi) is 41.7. The van der Waals surface area contributed by atoms with Gasteiger partial charge in [0.15, 0.2) is 0 Å². The molecule has 0 aromatic heterocycles. The molecule has 0 radical (unpaired) electrons.